The lowest BCUT2D eigenvalue weighted by Crippen LogP contribution is -2.29. The molecule has 0 saturated heterocycles. The maximum absolute atomic E-state index is 11.5. The van der Waals surface area contributed by atoms with E-state index < -0.39 is 12.1 Å². The maximum Gasteiger partial charge on any atom is 0.407 e. The molecule has 1 rings (SSSR count). The minimum atomic E-state index is -0.536. The molecule has 0 atom stereocenters. The van der Waals surface area contributed by atoms with Crippen LogP contribution in [-0.2, 0) is 25.4 Å². The smallest absolute Gasteiger partial charge is 0.407 e. The molecule has 0 unspecified atom stereocenters. The van der Waals surface area contributed by atoms with Crippen LogP contribution in [0.1, 0.15) is 5.56 Å². The van der Waals surface area contributed by atoms with Gasteiger partial charge in [-0.2, -0.15) is 0 Å². The van der Waals surface area contributed by atoms with Gasteiger partial charge in [0, 0.05) is 30.4 Å². The molecule has 0 aliphatic carbocycles. The summed E-state index contributed by atoms with van der Waals surface area (Å²) in [6.45, 7) is 4.43. The van der Waals surface area contributed by atoms with Crippen molar-refractivity contribution in [2.24, 2.45) is 0 Å². The topological polar surface area (TPSA) is 126 Å². The van der Waals surface area contributed by atoms with Crippen LogP contribution in [0.2, 0.25) is 0 Å². The number of nitrogens with two attached hydrogens (primary N) is 2. The van der Waals surface area contributed by atoms with Crippen molar-refractivity contribution < 1.29 is 23.8 Å². The van der Waals surface area contributed by atoms with E-state index in [2.05, 4.69) is 11.9 Å². The van der Waals surface area contributed by atoms with Crippen LogP contribution in [0.3, 0.4) is 0 Å². The van der Waals surface area contributed by atoms with E-state index in [4.69, 9.17) is 25.7 Å². The highest BCUT2D eigenvalue weighted by Crippen LogP contribution is 2.16. The third-order valence-electron chi connectivity index (χ3n) is 2.93. The molecule has 0 aliphatic rings. The van der Waals surface area contributed by atoms with Crippen LogP contribution >= 0.6 is 0 Å². The summed E-state index contributed by atoms with van der Waals surface area (Å²) in [6.07, 6.45) is 1.05. The number of nitrogens with one attached hydrogen (secondary N) is 1. The van der Waals surface area contributed by atoms with Gasteiger partial charge in [0.1, 0.15) is 6.61 Å². The lowest BCUT2D eigenvalue weighted by molar-refractivity contribution is -0.139. The zero-order chi connectivity index (χ0) is 17.8. The summed E-state index contributed by atoms with van der Waals surface area (Å²) in [5, 5.41) is 2.54. The summed E-state index contributed by atoms with van der Waals surface area (Å²) in [4.78, 5) is 22.2. The number of alkyl carbamates (subject to hydrolysis) is 1. The van der Waals surface area contributed by atoms with E-state index >= 15 is 0 Å². The molecular formula is C16H23N3O5. The number of ether oxygens (including phenoxy) is 3. The number of carbonyl (C=O) groups is 2. The predicted molar refractivity (Wildman–Crippen MR) is 90.3 cm³/mol. The van der Waals surface area contributed by atoms with Gasteiger partial charge in [0.2, 0.25) is 0 Å². The SMILES string of the molecule is C=CC(=O)OCCOCCNC(=O)OCCc1ccc(N)cc1N. The van der Waals surface area contributed by atoms with Crippen LogP contribution in [0.4, 0.5) is 16.2 Å². The van der Waals surface area contributed by atoms with Crippen LogP contribution < -0.4 is 16.8 Å². The van der Waals surface area contributed by atoms with Gasteiger partial charge < -0.3 is 31.0 Å². The van der Waals surface area contributed by atoms with Crippen LogP contribution in [-0.4, -0.2) is 45.0 Å². The largest absolute Gasteiger partial charge is 0.460 e. The monoisotopic (exact) mass is 337 g/mol. The second-order valence-electron chi connectivity index (χ2n) is 4.75. The van der Waals surface area contributed by atoms with Gasteiger partial charge in [-0.1, -0.05) is 12.6 Å². The van der Waals surface area contributed by atoms with Gasteiger partial charge in [0.15, 0.2) is 0 Å². The summed E-state index contributed by atoms with van der Waals surface area (Å²) < 4.78 is 14.9. The van der Waals surface area contributed by atoms with Crippen molar-refractivity contribution in [3.63, 3.8) is 0 Å². The lowest BCUT2D eigenvalue weighted by atomic mass is 10.1. The molecule has 5 N–H and O–H groups in total. The molecule has 1 aromatic rings. The third kappa shape index (κ3) is 8.04. The van der Waals surface area contributed by atoms with E-state index in [1.807, 2.05) is 0 Å². The number of rotatable bonds is 10. The van der Waals surface area contributed by atoms with Crippen molar-refractivity contribution in [1.82, 2.24) is 5.32 Å². The highest BCUT2D eigenvalue weighted by molar-refractivity contribution is 5.81. The van der Waals surface area contributed by atoms with Crippen LogP contribution in [0.25, 0.3) is 0 Å². The Morgan fingerprint density at radius 1 is 1.12 bits per heavy atom. The molecule has 132 valence electrons. The highest BCUT2D eigenvalue weighted by atomic mass is 16.6. The predicted octanol–water partition coefficient (Wildman–Crippen LogP) is 0.866. The zero-order valence-electron chi connectivity index (χ0n) is 13.5. The van der Waals surface area contributed by atoms with Crippen molar-refractivity contribution in [1.29, 1.82) is 0 Å². The van der Waals surface area contributed by atoms with Gasteiger partial charge in [-0.15, -0.1) is 0 Å². The van der Waals surface area contributed by atoms with Gasteiger partial charge in [-0.25, -0.2) is 9.59 Å². The second-order valence-corrected chi connectivity index (χ2v) is 4.75. The normalized spacial score (nSPS) is 10.0. The second kappa shape index (κ2) is 10.9. The fourth-order valence-electron chi connectivity index (χ4n) is 1.73. The average molecular weight is 337 g/mol. The maximum atomic E-state index is 11.5. The fourth-order valence-corrected chi connectivity index (χ4v) is 1.73. The van der Waals surface area contributed by atoms with Crippen LogP contribution in [0, 0.1) is 0 Å². The van der Waals surface area contributed by atoms with Crippen molar-refractivity contribution in [3.8, 4) is 0 Å². The number of carbonyl (C=O) groups excluding carboxylic acids is 2. The average Bonchev–Trinajstić information content (AvgIpc) is 2.55. The molecule has 0 aromatic heterocycles. The van der Waals surface area contributed by atoms with E-state index in [1.165, 1.54) is 0 Å². The summed E-state index contributed by atoms with van der Waals surface area (Å²) in [5.74, 6) is -0.498. The molecule has 1 aromatic carbocycles. The van der Waals surface area contributed by atoms with Gasteiger partial charge in [-0.05, 0) is 17.7 Å². The minimum Gasteiger partial charge on any atom is -0.460 e. The van der Waals surface area contributed by atoms with Gasteiger partial charge >= 0.3 is 12.1 Å². The molecule has 8 heteroatoms. The zero-order valence-corrected chi connectivity index (χ0v) is 13.5. The number of hydrogen-bond donors (Lipinski definition) is 3. The molecule has 0 aliphatic heterocycles. The summed E-state index contributed by atoms with van der Waals surface area (Å²) >= 11 is 0. The third-order valence-corrected chi connectivity index (χ3v) is 2.93. The molecule has 0 saturated carbocycles. The first-order valence-corrected chi connectivity index (χ1v) is 7.44. The number of anilines is 2. The first-order chi connectivity index (χ1) is 11.5. The summed E-state index contributed by atoms with van der Waals surface area (Å²) in [5.41, 5.74) is 13.5. The van der Waals surface area contributed by atoms with Crippen molar-refractivity contribution in [2.45, 2.75) is 6.42 Å². The molecule has 0 bridgehead atoms. The minimum absolute atomic E-state index is 0.137. The Morgan fingerprint density at radius 3 is 2.62 bits per heavy atom. The van der Waals surface area contributed by atoms with Crippen molar-refractivity contribution in [3.05, 3.63) is 36.4 Å². The molecule has 0 fully saturated rings. The van der Waals surface area contributed by atoms with E-state index in [1.54, 1.807) is 18.2 Å². The highest BCUT2D eigenvalue weighted by Gasteiger charge is 2.04. The number of nitrogen functional groups attached to an aromatic ring is 2. The number of hydrogen-bond acceptors (Lipinski definition) is 7. The number of amides is 1. The fraction of sp³-hybridized carbons (Fsp3) is 0.375. The van der Waals surface area contributed by atoms with Crippen LogP contribution in [0.5, 0.6) is 0 Å². The quantitative estimate of drug-likeness (QED) is 0.250. The lowest BCUT2D eigenvalue weighted by Gasteiger charge is -2.09. The molecule has 1 amide bonds. The molecule has 24 heavy (non-hydrogen) atoms. The van der Waals surface area contributed by atoms with Crippen molar-refractivity contribution in [2.75, 3.05) is 44.4 Å². The Kier molecular flexibility index (Phi) is 8.77. The number of esters is 1. The Labute approximate surface area is 140 Å². The Hall–Kier alpha value is -2.74. The Bertz CT molecular complexity index is 563. The molecule has 0 heterocycles. The van der Waals surface area contributed by atoms with Gasteiger partial charge in [0.25, 0.3) is 0 Å². The molecule has 8 nitrogen and oxygen atoms in total. The Balaban J connectivity index is 2.04. The van der Waals surface area contributed by atoms with Crippen LogP contribution in [0.15, 0.2) is 30.9 Å². The van der Waals surface area contributed by atoms with E-state index in [0.29, 0.717) is 17.8 Å². The first-order valence-electron chi connectivity index (χ1n) is 7.44. The Morgan fingerprint density at radius 2 is 1.92 bits per heavy atom. The van der Waals surface area contributed by atoms with Gasteiger partial charge in [0.05, 0.1) is 19.8 Å². The molecular weight excluding hydrogens is 314 g/mol. The molecule has 0 spiro atoms. The number of benzene rings is 1. The first kappa shape index (κ1) is 19.3. The molecule has 0 radical (unpaired) electrons. The van der Waals surface area contributed by atoms with E-state index in [-0.39, 0.29) is 33.0 Å². The summed E-state index contributed by atoms with van der Waals surface area (Å²) in [6, 6.07) is 5.22. The van der Waals surface area contributed by atoms with E-state index in [0.717, 1.165) is 11.6 Å². The summed E-state index contributed by atoms with van der Waals surface area (Å²) in [7, 11) is 0. The van der Waals surface area contributed by atoms with Crippen molar-refractivity contribution >= 4 is 23.4 Å². The van der Waals surface area contributed by atoms with E-state index in [9.17, 15) is 9.59 Å². The standard InChI is InChI=1S/C16H23N3O5/c1-2-15(20)23-10-9-22-8-6-19-16(21)24-7-5-12-3-4-13(17)11-14(12)18/h2-4,11H,1,5-10,17-18H2,(H,19,21). The van der Waals surface area contributed by atoms with Gasteiger partial charge in [-0.3, -0.25) is 0 Å².